The summed E-state index contributed by atoms with van der Waals surface area (Å²) in [6.45, 7) is 0.858. The number of esters is 1. The maximum Gasteiger partial charge on any atom is 0.336 e. The van der Waals surface area contributed by atoms with Gasteiger partial charge in [0, 0.05) is 19.7 Å². The third-order valence-electron chi connectivity index (χ3n) is 5.55. The number of rotatable bonds is 7. The number of carbonyl (C=O) groups is 2. The van der Waals surface area contributed by atoms with Crippen LogP contribution in [-0.2, 0) is 14.3 Å². The van der Waals surface area contributed by atoms with Crippen molar-refractivity contribution in [1.29, 1.82) is 0 Å². The van der Waals surface area contributed by atoms with Crippen molar-refractivity contribution in [3.05, 3.63) is 29.3 Å². The molecule has 2 amide bonds. The first-order chi connectivity index (χ1) is 14.0. The summed E-state index contributed by atoms with van der Waals surface area (Å²) in [6, 6.07) is 5.13. The Hall–Kier alpha value is -2.74. The first-order valence-corrected chi connectivity index (χ1v) is 9.64. The van der Waals surface area contributed by atoms with E-state index in [1.807, 2.05) is 18.2 Å². The summed E-state index contributed by atoms with van der Waals surface area (Å²) in [5.41, 5.74) is 2.31. The quantitative estimate of drug-likeness (QED) is 0.554. The van der Waals surface area contributed by atoms with E-state index < -0.39 is 5.97 Å². The summed E-state index contributed by atoms with van der Waals surface area (Å²) in [6.07, 6.45) is 2.14. The topological polar surface area (TPSA) is 86.3 Å². The van der Waals surface area contributed by atoms with Crippen molar-refractivity contribution in [2.45, 2.75) is 31.3 Å². The van der Waals surface area contributed by atoms with E-state index in [1.165, 1.54) is 7.11 Å². The SMILES string of the molecule is COCCNC(=O)N1[C@H]2CC[C@@H]1C(C(=O)OC)=C(c1ccc(OC)c(OC)c1)C2. The van der Waals surface area contributed by atoms with Gasteiger partial charge in [-0.25, -0.2) is 9.59 Å². The average molecular weight is 404 g/mol. The number of nitrogens with zero attached hydrogens (tertiary/aromatic N) is 1. The van der Waals surface area contributed by atoms with E-state index in [-0.39, 0.29) is 18.1 Å². The van der Waals surface area contributed by atoms with Gasteiger partial charge in [-0.2, -0.15) is 0 Å². The molecular weight excluding hydrogens is 376 g/mol. The molecule has 0 radical (unpaired) electrons. The lowest BCUT2D eigenvalue weighted by atomic mass is 9.88. The summed E-state index contributed by atoms with van der Waals surface area (Å²) in [5.74, 6) is 0.804. The van der Waals surface area contributed by atoms with Crippen molar-refractivity contribution in [2.24, 2.45) is 0 Å². The summed E-state index contributed by atoms with van der Waals surface area (Å²) in [7, 11) is 6.11. The molecule has 2 aliphatic rings. The Kier molecular flexibility index (Phi) is 6.64. The number of methoxy groups -OCH3 is 4. The first-order valence-electron chi connectivity index (χ1n) is 9.64. The van der Waals surface area contributed by atoms with E-state index in [0.29, 0.717) is 36.6 Å². The van der Waals surface area contributed by atoms with Crippen molar-refractivity contribution in [3.8, 4) is 11.5 Å². The van der Waals surface area contributed by atoms with Gasteiger partial charge in [-0.15, -0.1) is 0 Å². The Morgan fingerprint density at radius 3 is 2.52 bits per heavy atom. The monoisotopic (exact) mass is 404 g/mol. The molecule has 0 unspecified atom stereocenters. The van der Waals surface area contributed by atoms with Crippen LogP contribution in [0.15, 0.2) is 23.8 Å². The molecule has 2 heterocycles. The summed E-state index contributed by atoms with van der Waals surface area (Å²) < 4.78 is 20.8. The van der Waals surface area contributed by atoms with Crippen LogP contribution in [0, 0.1) is 0 Å². The molecular formula is C21H28N2O6. The molecule has 1 N–H and O–H groups in total. The van der Waals surface area contributed by atoms with Gasteiger partial charge >= 0.3 is 12.0 Å². The van der Waals surface area contributed by atoms with Crippen LogP contribution in [0.4, 0.5) is 4.79 Å². The van der Waals surface area contributed by atoms with Crippen molar-refractivity contribution in [3.63, 3.8) is 0 Å². The summed E-state index contributed by atoms with van der Waals surface area (Å²) in [4.78, 5) is 27.3. The second-order valence-electron chi connectivity index (χ2n) is 7.04. The van der Waals surface area contributed by atoms with Crippen LogP contribution in [0.25, 0.3) is 5.57 Å². The highest BCUT2D eigenvalue weighted by atomic mass is 16.5. The molecule has 0 aromatic heterocycles. The lowest BCUT2D eigenvalue weighted by molar-refractivity contribution is -0.136. The molecule has 8 nitrogen and oxygen atoms in total. The number of carbonyl (C=O) groups excluding carboxylic acids is 2. The van der Waals surface area contributed by atoms with Crippen LogP contribution >= 0.6 is 0 Å². The zero-order valence-electron chi connectivity index (χ0n) is 17.3. The number of amides is 2. The van der Waals surface area contributed by atoms with E-state index in [9.17, 15) is 9.59 Å². The molecule has 1 fully saturated rings. The van der Waals surface area contributed by atoms with Gasteiger partial charge in [-0.3, -0.25) is 0 Å². The molecule has 0 saturated carbocycles. The van der Waals surface area contributed by atoms with Gasteiger partial charge < -0.3 is 29.2 Å². The van der Waals surface area contributed by atoms with Crippen molar-refractivity contribution in [1.82, 2.24) is 10.2 Å². The van der Waals surface area contributed by atoms with Crippen molar-refractivity contribution < 1.29 is 28.5 Å². The van der Waals surface area contributed by atoms with Crippen LogP contribution in [0.3, 0.4) is 0 Å². The van der Waals surface area contributed by atoms with Gasteiger partial charge in [0.05, 0.1) is 39.6 Å². The molecule has 0 spiro atoms. The lowest BCUT2D eigenvalue weighted by Crippen LogP contribution is -2.51. The maximum atomic E-state index is 12.8. The first kappa shape index (κ1) is 21.0. The molecule has 1 aromatic rings. The molecule has 2 aliphatic heterocycles. The Morgan fingerprint density at radius 2 is 1.86 bits per heavy atom. The smallest absolute Gasteiger partial charge is 0.336 e. The predicted molar refractivity (Wildman–Crippen MR) is 107 cm³/mol. The van der Waals surface area contributed by atoms with Crippen LogP contribution in [0.5, 0.6) is 11.5 Å². The summed E-state index contributed by atoms with van der Waals surface area (Å²) in [5, 5.41) is 2.87. The number of hydrogen-bond donors (Lipinski definition) is 1. The predicted octanol–water partition coefficient (Wildman–Crippen LogP) is 2.22. The van der Waals surface area contributed by atoms with E-state index in [1.54, 1.807) is 26.2 Å². The second-order valence-corrected chi connectivity index (χ2v) is 7.04. The summed E-state index contributed by atoms with van der Waals surface area (Å²) >= 11 is 0. The minimum atomic E-state index is -0.408. The Balaban J connectivity index is 1.99. The van der Waals surface area contributed by atoms with Gasteiger partial charge in [0.2, 0.25) is 0 Å². The zero-order valence-corrected chi connectivity index (χ0v) is 17.3. The maximum absolute atomic E-state index is 12.8. The Morgan fingerprint density at radius 1 is 1.10 bits per heavy atom. The van der Waals surface area contributed by atoms with Crippen LogP contribution < -0.4 is 14.8 Å². The molecule has 2 atom stereocenters. The van der Waals surface area contributed by atoms with Gasteiger partial charge in [-0.1, -0.05) is 6.07 Å². The van der Waals surface area contributed by atoms with Crippen LogP contribution in [0.2, 0.25) is 0 Å². The Labute approximate surface area is 170 Å². The average Bonchev–Trinajstić information content (AvgIpc) is 3.06. The largest absolute Gasteiger partial charge is 0.493 e. The van der Waals surface area contributed by atoms with Crippen molar-refractivity contribution in [2.75, 3.05) is 41.6 Å². The van der Waals surface area contributed by atoms with E-state index in [4.69, 9.17) is 18.9 Å². The minimum absolute atomic E-state index is 0.0269. The van der Waals surface area contributed by atoms with Gasteiger partial charge in [0.15, 0.2) is 11.5 Å². The van der Waals surface area contributed by atoms with Crippen LogP contribution in [-0.4, -0.2) is 70.6 Å². The Bertz CT molecular complexity index is 806. The normalized spacial score (nSPS) is 20.5. The number of nitrogens with one attached hydrogen (secondary N) is 1. The third-order valence-corrected chi connectivity index (χ3v) is 5.55. The van der Waals surface area contributed by atoms with Gasteiger partial charge in [0.1, 0.15) is 0 Å². The highest BCUT2D eigenvalue weighted by Gasteiger charge is 2.46. The van der Waals surface area contributed by atoms with E-state index in [2.05, 4.69) is 5.32 Å². The molecule has 158 valence electrons. The number of fused-ring (bicyclic) bond motifs is 2. The fourth-order valence-electron chi connectivity index (χ4n) is 4.24. The zero-order chi connectivity index (χ0) is 21.0. The number of benzene rings is 1. The standard InChI is InChI=1S/C21H28N2O6/c1-26-10-9-22-21(25)23-14-6-7-16(23)19(20(24)29-4)15(12-14)13-5-8-17(27-2)18(11-13)28-3/h5,8,11,14,16H,6-7,9-10,12H2,1-4H3,(H,22,25)/t14-,16+/m0/s1. The van der Waals surface area contributed by atoms with E-state index in [0.717, 1.165) is 24.0 Å². The third kappa shape index (κ3) is 4.03. The molecule has 8 heteroatoms. The minimum Gasteiger partial charge on any atom is -0.493 e. The number of hydrogen-bond acceptors (Lipinski definition) is 6. The molecule has 1 saturated heterocycles. The van der Waals surface area contributed by atoms with Crippen LogP contribution in [0.1, 0.15) is 24.8 Å². The highest BCUT2D eigenvalue weighted by molar-refractivity contribution is 6.01. The second kappa shape index (κ2) is 9.17. The molecule has 29 heavy (non-hydrogen) atoms. The fourth-order valence-corrected chi connectivity index (χ4v) is 4.24. The van der Waals surface area contributed by atoms with E-state index >= 15 is 0 Å². The highest BCUT2D eigenvalue weighted by Crippen LogP contribution is 2.44. The lowest BCUT2D eigenvalue weighted by Gasteiger charge is -2.37. The number of ether oxygens (including phenoxy) is 4. The number of urea groups is 1. The fraction of sp³-hybridized carbons (Fsp3) is 0.524. The molecule has 2 bridgehead atoms. The molecule has 0 aliphatic carbocycles. The van der Waals surface area contributed by atoms with Crippen molar-refractivity contribution >= 4 is 17.6 Å². The van der Waals surface area contributed by atoms with Gasteiger partial charge in [-0.05, 0) is 42.5 Å². The molecule has 1 aromatic carbocycles. The van der Waals surface area contributed by atoms with Gasteiger partial charge in [0.25, 0.3) is 0 Å². The molecule has 3 rings (SSSR count).